The lowest BCUT2D eigenvalue weighted by molar-refractivity contribution is -0.386. The van der Waals surface area contributed by atoms with E-state index in [9.17, 15) is 10.1 Å². The molecule has 5 heteroatoms. The van der Waals surface area contributed by atoms with Crippen molar-refractivity contribution in [2.45, 2.75) is 168 Å². The van der Waals surface area contributed by atoms with Crippen LogP contribution in [0.1, 0.15) is 168 Å². The first kappa shape index (κ1) is 35.2. The topological polar surface area (TPSA) is 61.6 Å². The summed E-state index contributed by atoms with van der Waals surface area (Å²) in [5.74, 6) is 0.802. The van der Waals surface area contributed by atoms with Crippen LogP contribution < -0.4 is 9.47 Å². The van der Waals surface area contributed by atoms with E-state index in [0.717, 1.165) is 25.7 Å². The van der Waals surface area contributed by atoms with Crippen molar-refractivity contribution < 1.29 is 14.4 Å². The van der Waals surface area contributed by atoms with Crippen LogP contribution in [0.5, 0.6) is 11.5 Å². The van der Waals surface area contributed by atoms with Crippen LogP contribution in [0.4, 0.5) is 5.69 Å². The maximum absolute atomic E-state index is 11.6. The molecule has 0 aliphatic rings. The molecule has 0 radical (unpaired) electrons. The number of nitro benzene ring substituents is 1. The van der Waals surface area contributed by atoms with Gasteiger partial charge in [0.05, 0.1) is 18.1 Å². The Hall–Kier alpha value is -1.78. The first-order valence-corrected chi connectivity index (χ1v) is 16.7. The number of unbranched alkanes of at least 4 members (excludes halogenated alkanes) is 22. The predicted molar refractivity (Wildman–Crippen MR) is 166 cm³/mol. The summed E-state index contributed by atoms with van der Waals surface area (Å²) in [6, 6.07) is 4.99. The normalized spacial score (nSPS) is 11.1. The molecule has 5 nitrogen and oxygen atoms in total. The maximum atomic E-state index is 11.6. The molecule has 226 valence electrons. The van der Waals surface area contributed by atoms with Crippen molar-refractivity contribution in [1.82, 2.24) is 0 Å². The standard InChI is InChI=1S/C34H61NO4/c1-3-5-7-9-11-13-15-17-19-21-23-25-30-38-33-29-27-28-32(35(36)37)34(33)39-31-26-24-22-20-18-16-14-12-10-8-6-4-2/h27-29H,3-26,30-31H2,1-2H3. The van der Waals surface area contributed by atoms with Gasteiger partial charge < -0.3 is 9.47 Å². The van der Waals surface area contributed by atoms with Crippen molar-refractivity contribution in [2.24, 2.45) is 0 Å². The minimum atomic E-state index is -0.367. The summed E-state index contributed by atoms with van der Waals surface area (Å²) in [5, 5.41) is 11.6. The highest BCUT2D eigenvalue weighted by atomic mass is 16.6. The van der Waals surface area contributed by atoms with Gasteiger partial charge in [0.15, 0.2) is 5.75 Å². The van der Waals surface area contributed by atoms with Gasteiger partial charge in [0.1, 0.15) is 0 Å². The molecule has 39 heavy (non-hydrogen) atoms. The minimum absolute atomic E-state index is 0.00105. The molecule has 0 amide bonds. The number of nitro groups is 1. The Bertz CT molecular complexity index is 694. The quantitative estimate of drug-likeness (QED) is 0.0568. The molecule has 0 N–H and O–H groups in total. The Morgan fingerprint density at radius 1 is 0.538 bits per heavy atom. The molecule has 0 aromatic heterocycles. The summed E-state index contributed by atoms with van der Waals surface area (Å²) < 4.78 is 11.9. The van der Waals surface area contributed by atoms with Gasteiger partial charge in [0.25, 0.3) is 0 Å². The Labute approximate surface area is 241 Å². The fourth-order valence-corrected chi connectivity index (χ4v) is 5.15. The third-order valence-corrected chi connectivity index (χ3v) is 7.65. The summed E-state index contributed by atoms with van der Waals surface area (Å²) in [5.41, 5.74) is 0.00105. The molecule has 0 fully saturated rings. The number of ether oxygens (including phenoxy) is 2. The molecule has 0 aliphatic heterocycles. The average Bonchev–Trinajstić information content (AvgIpc) is 2.94. The maximum Gasteiger partial charge on any atom is 0.314 e. The van der Waals surface area contributed by atoms with Crippen LogP contribution in [0.25, 0.3) is 0 Å². The van der Waals surface area contributed by atoms with Crippen molar-refractivity contribution in [2.75, 3.05) is 13.2 Å². The highest BCUT2D eigenvalue weighted by Gasteiger charge is 2.20. The number of nitrogens with zero attached hydrogens (tertiary/aromatic N) is 1. The number of hydrogen-bond donors (Lipinski definition) is 0. The Kier molecular flexibility index (Phi) is 23.9. The lowest BCUT2D eigenvalue weighted by atomic mass is 10.1. The minimum Gasteiger partial charge on any atom is -0.489 e. The van der Waals surface area contributed by atoms with Gasteiger partial charge in [0.2, 0.25) is 5.75 Å². The molecule has 0 heterocycles. The SMILES string of the molecule is CCCCCCCCCCCCCCOc1cccc([N+](=O)[O-])c1OCCCCCCCCCCCCCC. The number of benzene rings is 1. The molecular weight excluding hydrogens is 486 g/mol. The van der Waals surface area contributed by atoms with Crippen molar-refractivity contribution in [3.8, 4) is 11.5 Å². The van der Waals surface area contributed by atoms with E-state index in [1.165, 1.54) is 134 Å². The number of rotatable bonds is 29. The highest BCUT2D eigenvalue weighted by Crippen LogP contribution is 2.37. The Morgan fingerprint density at radius 3 is 1.28 bits per heavy atom. The van der Waals surface area contributed by atoms with E-state index in [0.29, 0.717) is 24.7 Å². The second-order valence-electron chi connectivity index (χ2n) is 11.3. The molecule has 1 aromatic carbocycles. The van der Waals surface area contributed by atoms with Crippen LogP contribution in [0.2, 0.25) is 0 Å². The van der Waals surface area contributed by atoms with E-state index in [1.807, 2.05) is 0 Å². The summed E-state index contributed by atoms with van der Waals surface area (Å²) in [4.78, 5) is 11.2. The van der Waals surface area contributed by atoms with Gasteiger partial charge in [-0.1, -0.05) is 161 Å². The van der Waals surface area contributed by atoms with Crippen LogP contribution in [-0.2, 0) is 0 Å². The first-order chi connectivity index (χ1) is 19.2. The zero-order chi connectivity index (χ0) is 28.2. The van der Waals surface area contributed by atoms with E-state index < -0.39 is 0 Å². The molecule has 0 saturated carbocycles. The lowest BCUT2D eigenvalue weighted by Crippen LogP contribution is -2.05. The van der Waals surface area contributed by atoms with Gasteiger partial charge in [-0.15, -0.1) is 0 Å². The number of para-hydroxylation sites is 1. The van der Waals surface area contributed by atoms with Gasteiger partial charge in [-0.2, -0.15) is 0 Å². The van der Waals surface area contributed by atoms with Crippen LogP contribution in [-0.4, -0.2) is 18.1 Å². The smallest absolute Gasteiger partial charge is 0.314 e. The zero-order valence-corrected chi connectivity index (χ0v) is 25.7. The van der Waals surface area contributed by atoms with E-state index in [2.05, 4.69) is 13.8 Å². The van der Waals surface area contributed by atoms with Crippen LogP contribution in [0.15, 0.2) is 18.2 Å². The molecule has 0 saturated heterocycles. The van der Waals surface area contributed by atoms with Gasteiger partial charge in [-0.05, 0) is 18.9 Å². The summed E-state index contributed by atoms with van der Waals surface area (Å²) in [6.07, 6.45) is 31.0. The largest absolute Gasteiger partial charge is 0.489 e. The van der Waals surface area contributed by atoms with Crippen molar-refractivity contribution in [3.05, 3.63) is 28.3 Å². The molecule has 0 aliphatic carbocycles. The third kappa shape index (κ3) is 19.9. The zero-order valence-electron chi connectivity index (χ0n) is 25.7. The second-order valence-corrected chi connectivity index (χ2v) is 11.3. The molecule has 0 bridgehead atoms. The van der Waals surface area contributed by atoms with Gasteiger partial charge in [0, 0.05) is 6.07 Å². The van der Waals surface area contributed by atoms with E-state index in [4.69, 9.17) is 9.47 Å². The monoisotopic (exact) mass is 547 g/mol. The molecule has 0 unspecified atom stereocenters. The van der Waals surface area contributed by atoms with Crippen molar-refractivity contribution in [3.63, 3.8) is 0 Å². The molecule has 1 aromatic rings. The molecule has 1 rings (SSSR count). The van der Waals surface area contributed by atoms with E-state index in [-0.39, 0.29) is 10.6 Å². The second kappa shape index (κ2) is 26.4. The summed E-state index contributed by atoms with van der Waals surface area (Å²) in [7, 11) is 0. The fourth-order valence-electron chi connectivity index (χ4n) is 5.15. The van der Waals surface area contributed by atoms with Crippen LogP contribution in [0.3, 0.4) is 0 Å². The summed E-state index contributed by atoms with van der Waals surface area (Å²) >= 11 is 0. The van der Waals surface area contributed by atoms with Crippen LogP contribution >= 0.6 is 0 Å². The van der Waals surface area contributed by atoms with Gasteiger partial charge >= 0.3 is 5.69 Å². The third-order valence-electron chi connectivity index (χ3n) is 7.65. The van der Waals surface area contributed by atoms with E-state index in [1.54, 1.807) is 12.1 Å². The predicted octanol–water partition coefficient (Wildman–Crippen LogP) is 11.8. The Morgan fingerprint density at radius 2 is 0.897 bits per heavy atom. The molecule has 0 atom stereocenters. The Balaban J connectivity index is 2.16. The van der Waals surface area contributed by atoms with Crippen molar-refractivity contribution in [1.29, 1.82) is 0 Å². The summed E-state index contributed by atoms with van der Waals surface area (Å²) in [6.45, 7) is 5.60. The van der Waals surface area contributed by atoms with Crippen molar-refractivity contribution >= 4 is 5.69 Å². The fraction of sp³-hybridized carbons (Fsp3) is 0.824. The van der Waals surface area contributed by atoms with Gasteiger partial charge in [-0.3, -0.25) is 10.1 Å². The highest BCUT2D eigenvalue weighted by molar-refractivity contribution is 5.55. The average molecular weight is 548 g/mol. The first-order valence-electron chi connectivity index (χ1n) is 16.7. The lowest BCUT2D eigenvalue weighted by Gasteiger charge is -2.13. The van der Waals surface area contributed by atoms with E-state index >= 15 is 0 Å². The van der Waals surface area contributed by atoms with Crippen LogP contribution in [0, 0.1) is 10.1 Å². The number of hydrogen-bond acceptors (Lipinski definition) is 4. The molecule has 0 spiro atoms. The van der Waals surface area contributed by atoms with Gasteiger partial charge in [-0.25, -0.2) is 0 Å². The molecular formula is C34H61NO4.